The fourth-order valence-electron chi connectivity index (χ4n) is 2.21. The monoisotopic (exact) mass is 344 g/mol. The fraction of sp³-hybridized carbons (Fsp3) is 0.118. The third-order valence-corrected chi connectivity index (χ3v) is 3.49. The normalized spacial score (nSPS) is 11.2. The zero-order valence-electron chi connectivity index (χ0n) is 12.7. The molecule has 0 amide bonds. The first-order valence-electron chi connectivity index (χ1n) is 7.19. The summed E-state index contributed by atoms with van der Waals surface area (Å²) in [6, 6.07) is 11.8. The van der Waals surface area contributed by atoms with E-state index < -0.39 is 11.7 Å². The van der Waals surface area contributed by atoms with Crippen molar-refractivity contribution in [2.24, 2.45) is 4.99 Å². The largest absolute Gasteiger partial charge is 0.416 e. The number of nitrogens with zero attached hydrogens (tertiary/aromatic N) is 4. The van der Waals surface area contributed by atoms with Gasteiger partial charge in [0, 0.05) is 5.56 Å². The van der Waals surface area contributed by atoms with Crippen molar-refractivity contribution in [3.8, 4) is 17.1 Å². The maximum Gasteiger partial charge on any atom is 0.416 e. The van der Waals surface area contributed by atoms with Crippen LogP contribution in [-0.2, 0) is 17.5 Å². The van der Waals surface area contributed by atoms with Crippen LogP contribution in [0.25, 0.3) is 17.1 Å². The predicted molar refractivity (Wildman–Crippen MR) is 83.6 cm³/mol. The molecular formula is C17H11F3N4O. The van der Waals surface area contributed by atoms with Crippen LogP contribution in [0.5, 0.6) is 0 Å². The van der Waals surface area contributed by atoms with Gasteiger partial charge in [-0.2, -0.15) is 13.2 Å². The van der Waals surface area contributed by atoms with Gasteiger partial charge in [-0.15, -0.1) is 5.10 Å². The number of carbonyl (C=O) groups excluding carboxylic acids is 1. The van der Waals surface area contributed by atoms with Crippen molar-refractivity contribution in [3.05, 3.63) is 66.0 Å². The first kappa shape index (κ1) is 16.6. The van der Waals surface area contributed by atoms with Gasteiger partial charge in [0.15, 0.2) is 5.82 Å². The van der Waals surface area contributed by atoms with Gasteiger partial charge in [-0.1, -0.05) is 24.3 Å². The second-order valence-corrected chi connectivity index (χ2v) is 5.16. The van der Waals surface area contributed by atoms with Gasteiger partial charge < -0.3 is 0 Å². The Hall–Kier alpha value is -3.25. The number of hydrogen-bond donors (Lipinski definition) is 0. The van der Waals surface area contributed by atoms with Crippen molar-refractivity contribution in [2.45, 2.75) is 12.7 Å². The van der Waals surface area contributed by atoms with Crippen molar-refractivity contribution >= 4 is 6.08 Å². The van der Waals surface area contributed by atoms with E-state index in [1.165, 1.54) is 29.2 Å². The summed E-state index contributed by atoms with van der Waals surface area (Å²) in [6.45, 7) is 0.247. The van der Waals surface area contributed by atoms with E-state index in [0.29, 0.717) is 11.5 Å². The highest BCUT2D eigenvalue weighted by Gasteiger charge is 2.30. The molecule has 0 aliphatic carbocycles. The quantitative estimate of drug-likeness (QED) is 0.534. The predicted octanol–water partition coefficient (Wildman–Crippen LogP) is 3.79. The first-order valence-corrected chi connectivity index (χ1v) is 7.19. The van der Waals surface area contributed by atoms with Crippen molar-refractivity contribution in [2.75, 3.05) is 0 Å². The van der Waals surface area contributed by atoms with Gasteiger partial charge in [-0.3, -0.25) is 0 Å². The van der Waals surface area contributed by atoms with E-state index in [1.54, 1.807) is 24.3 Å². The Labute approximate surface area is 140 Å². The van der Waals surface area contributed by atoms with Gasteiger partial charge in [0.2, 0.25) is 6.08 Å². The maximum atomic E-state index is 12.6. The summed E-state index contributed by atoms with van der Waals surface area (Å²) in [5, 5.41) is 4.27. The molecule has 8 heteroatoms. The highest BCUT2D eigenvalue weighted by Crippen LogP contribution is 2.29. The Bertz CT molecular complexity index is 908. The van der Waals surface area contributed by atoms with Crippen LogP contribution >= 0.6 is 0 Å². The molecule has 0 unspecified atom stereocenters. The lowest BCUT2D eigenvalue weighted by molar-refractivity contribution is -0.137. The molecule has 25 heavy (non-hydrogen) atoms. The van der Waals surface area contributed by atoms with E-state index in [1.807, 2.05) is 0 Å². The minimum atomic E-state index is -4.37. The van der Waals surface area contributed by atoms with Crippen LogP contribution in [0, 0.1) is 0 Å². The Morgan fingerprint density at radius 2 is 1.72 bits per heavy atom. The van der Waals surface area contributed by atoms with Crippen molar-refractivity contribution < 1.29 is 18.0 Å². The second-order valence-electron chi connectivity index (χ2n) is 5.16. The number of aromatic nitrogens is 3. The summed E-state index contributed by atoms with van der Waals surface area (Å²) in [7, 11) is 0. The number of rotatable bonds is 4. The van der Waals surface area contributed by atoms with E-state index in [9.17, 15) is 18.0 Å². The molecule has 0 aliphatic heterocycles. The van der Waals surface area contributed by atoms with Crippen molar-refractivity contribution in [3.63, 3.8) is 0 Å². The van der Waals surface area contributed by atoms with Crippen LogP contribution in [-0.4, -0.2) is 20.8 Å². The molecule has 0 aliphatic rings. The Kier molecular flexibility index (Phi) is 4.45. The van der Waals surface area contributed by atoms with Crippen LogP contribution < -0.4 is 0 Å². The van der Waals surface area contributed by atoms with Gasteiger partial charge in [-0.05, 0) is 29.8 Å². The Morgan fingerprint density at radius 1 is 1.04 bits per heavy atom. The summed E-state index contributed by atoms with van der Waals surface area (Å²) in [5.74, 6) is 0.435. The van der Waals surface area contributed by atoms with Crippen LogP contribution in [0.2, 0.25) is 0 Å². The number of benzene rings is 2. The average molecular weight is 344 g/mol. The number of hydrogen-bond acceptors (Lipinski definition) is 4. The third-order valence-electron chi connectivity index (χ3n) is 3.49. The van der Waals surface area contributed by atoms with Crippen LogP contribution in [0.1, 0.15) is 11.1 Å². The molecular weight excluding hydrogens is 333 g/mol. The summed E-state index contributed by atoms with van der Waals surface area (Å²) in [6.07, 6.45) is -1.47. The smallest absolute Gasteiger partial charge is 0.220 e. The number of halogens is 3. The van der Waals surface area contributed by atoms with Crippen LogP contribution in [0.15, 0.2) is 59.9 Å². The van der Waals surface area contributed by atoms with Gasteiger partial charge in [0.25, 0.3) is 0 Å². The number of isocyanates is 1. The first-order chi connectivity index (χ1) is 12.0. The minimum absolute atomic E-state index is 0.247. The Morgan fingerprint density at radius 3 is 2.32 bits per heavy atom. The summed E-state index contributed by atoms with van der Waals surface area (Å²) in [5.41, 5.74) is 1.34. The highest BCUT2D eigenvalue weighted by molar-refractivity contribution is 5.55. The number of alkyl halides is 3. The molecule has 1 heterocycles. The molecule has 1 aromatic heterocycles. The third kappa shape index (κ3) is 3.81. The van der Waals surface area contributed by atoms with Gasteiger partial charge in [0.1, 0.15) is 6.33 Å². The summed E-state index contributed by atoms with van der Waals surface area (Å²) in [4.78, 5) is 17.8. The molecule has 0 radical (unpaired) electrons. The van der Waals surface area contributed by atoms with Crippen molar-refractivity contribution in [1.82, 2.24) is 14.8 Å². The number of aliphatic imine (C=N–C) groups is 1. The van der Waals surface area contributed by atoms with E-state index in [2.05, 4.69) is 15.1 Å². The minimum Gasteiger partial charge on any atom is -0.220 e. The van der Waals surface area contributed by atoms with Crippen LogP contribution in [0.4, 0.5) is 13.2 Å². The molecule has 0 atom stereocenters. The lowest BCUT2D eigenvalue weighted by atomic mass is 10.1. The zero-order chi connectivity index (χ0) is 17.9. The molecule has 0 saturated heterocycles. The molecule has 0 saturated carbocycles. The molecule has 0 N–H and O–H groups in total. The molecule has 3 rings (SSSR count). The molecule has 2 aromatic carbocycles. The van der Waals surface area contributed by atoms with E-state index >= 15 is 0 Å². The Balaban J connectivity index is 1.81. The lowest BCUT2D eigenvalue weighted by Crippen LogP contribution is -2.05. The standard InChI is InChI=1S/C17H11F3N4O/c18-17(19,20)14-5-7-15(8-6-14)24-10-22-16(23-24)13-3-1-12(2-4-13)9-21-11-25/h1-8,10H,9H2. The second kappa shape index (κ2) is 6.70. The lowest BCUT2D eigenvalue weighted by Gasteiger charge is -2.07. The van der Waals surface area contributed by atoms with Crippen LogP contribution in [0.3, 0.4) is 0 Å². The molecule has 0 fully saturated rings. The van der Waals surface area contributed by atoms with E-state index in [0.717, 1.165) is 23.3 Å². The molecule has 3 aromatic rings. The fourth-order valence-corrected chi connectivity index (χ4v) is 2.21. The summed E-state index contributed by atoms with van der Waals surface area (Å²) < 4.78 is 39.2. The topological polar surface area (TPSA) is 60.1 Å². The molecule has 126 valence electrons. The highest BCUT2D eigenvalue weighted by atomic mass is 19.4. The average Bonchev–Trinajstić information content (AvgIpc) is 3.10. The van der Waals surface area contributed by atoms with Gasteiger partial charge >= 0.3 is 6.18 Å². The molecule has 0 bridgehead atoms. The maximum absolute atomic E-state index is 12.6. The van der Waals surface area contributed by atoms with Gasteiger partial charge in [-0.25, -0.2) is 19.5 Å². The zero-order valence-corrected chi connectivity index (χ0v) is 12.7. The van der Waals surface area contributed by atoms with E-state index in [-0.39, 0.29) is 6.54 Å². The SMILES string of the molecule is O=C=NCc1ccc(-c2ncn(-c3ccc(C(F)(F)F)cc3)n2)cc1. The van der Waals surface area contributed by atoms with Gasteiger partial charge in [0.05, 0.1) is 17.8 Å². The van der Waals surface area contributed by atoms with Crippen molar-refractivity contribution in [1.29, 1.82) is 0 Å². The molecule has 5 nitrogen and oxygen atoms in total. The van der Waals surface area contributed by atoms with E-state index in [4.69, 9.17) is 0 Å². The molecule has 0 spiro atoms. The summed E-state index contributed by atoms with van der Waals surface area (Å²) >= 11 is 0.